The van der Waals surface area contributed by atoms with Crippen molar-refractivity contribution in [2.45, 2.75) is 18.6 Å². The van der Waals surface area contributed by atoms with Gasteiger partial charge in [-0.05, 0) is 36.8 Å². The van der Waals surface area contributed by atoms with Crippen LogP contribution in [0.1, 0.15) is 17.5 Å². The second kappa shape index (κ2) is 7.85. The minimum atomic E-state index is -0.697. The molecule has 6 nitrogen and oxygen atoms in total. The molecule has 2 amide bonds. The molecule has 29 heavy (non-hydrogen) atoms. The molecule has 1 unspecified atom stereocenters. The summed E-state index contributed by atoms with van der Waals surface area (Å²) in [6, 6.07) is 13.9. The number of aryl methyl sites for hydroxylation is 1. The van der Waals surface area contributed by atoms with E-state index in [1.54, 1.807) is 42.5 Å². The number of hydrogen-bond acceptors (Lipinski definition) is 5. The summed E-state index contributed by atoms with van der Waals surface area (Å²) < 4.78 is 5.30. The Kier molecular flexibility index (Phi) is 5.25. The molecule has 2 aromatic carbocycles. The summed E-state index contributed by atoms with van der Waals surface area (Å²) in [6.07, 6.45) is -0.0685. The Labute approximate surface area is 175 Å². The van der Waals surface area contributed by atoms with E-state index in [1.165, 1.54) is 0 Å². The van der Waals surface area contributed by atoms with Gasteiger partial charge in [0.15, 0.2) is 0 Å². The molecule has 1 aromatic heterocycles. The van der Waals surface area contributed by atoms with E-state index in [1.807, 2.05) is 13.0 Å². The van der Waals surface area contributed by atoms with Gasteiger partial charge in [-0.2, -0.15) is 0 Å². The zero-order chi connectivity index (χ0) is 20.5. The predicted molar refractivity (Wildman–Crippen MR) is 115 cm³/mol. The lowest BCUT2D eigenvalue weighted by Gasteiger charge is -2.09. The highest BCUT2D eigenvalue weighted by Gasteiger charge is 2.32. The number of carbonyl (C=O) groups is 2. The molecule has 1 N–H and O–H groups in total. The first-order chi connectivity index (χ1) is 13.9. The minimum absolute atomic E-state index is 0.0685. The SMILES string of the molecule is Cc1ccc(NC(=O)CC2SC(c3cc4ccccc4oc3=O)=NC2=O)cc1Cl. The second-order valence-electron chi connectivity index (χ2n) is 6.56. The van der Waals surface area contributed by atoms with Crippen LogP contribution in [0.5, 0.6) is 0 Å². The fourth-order valence-electron chi connectivity index (χ4n) is 2.90. The van der Waals surface area contributed by atoms with Gasteiger partial charge in [0.05, 0.1) is 5.56 Å². The van der Waals surface area contributed by atoms with E-state index in [-0.39, 0.29) is 22.9 Å². The highest BCUT2D eigenvalue weighted by molar-refractivity contribution is 8.16. The highest BCUT2D eigenvalue weighted by atomic mass is 35.5. The Hall–Kier alpha value is -2.90. The average Bonchev–Trinajstić information content (AvgIpc) is 3.04. The molecule has 0 radical (unpaired) electrons. The normalized spacial score (nSPS) is 16.1. The van der Waals surface area contributed by atoms with E-state index in [4.69, 9.17) is 16.0 Å². The molecule has 8 heteroatoms. The molecular formula is C21H15ClN2O4S. The third-order valence-electron chi connectivity index (χ3n) is 4.44. The fourth-order valence-corrected chi connectivity index (χ4v) is 4.15. The summed E-state index contributed by atoms with van der Waals surface area (Å²) >= 11 is 7.16. The number of halogens is 1. The number of rotatable bonds is 4. The number of hydrogen-bond donors (Lipinski definition) is 1. The molecule has 1 atom stereocenters. The van der Waals surface area contributed by atoms with Crippen LogP contribution in [0.25, 0.3) is 11.0 Å². The van der Waals surface area contributed by atoms with E-state index in [0.717, 1.165) is 22.7 Å². The van der Waals surface area contributed by atoms with Crippen LogP contribution in [0.4, 0.5) is 5.69 Å². The lowest BCUT2D eigenvalue weighted by atomic mass is 10.2. The van der Waals surface area contributed by atoms with E-state index < -0.39 is 16.8 Å². The Morgan fingerprint density at radius 1 is 1.21 bits per heavy atom. The maximum Gasteiger partial charge on any atom is 0.346 e. The molecule has 0 spiro atoms. The first kappa shape index (κ1) is 19.4. The van der Waals surface area contributed by atoms with Crippen molar-refractivity contribution in [3.8, 4) is 0 Å². The van der Waals surface area contributed by atoms with Gasteiger partial charge in [-0.25, -0.2) is 9.79 Å². The van der Waals surface area contributed by atoms with Crippen molar-refractivity contribution in [1.29, 1.82) is 0 Å². The van der Waals surface area contributed by atoms with Gasteiger partial charge in [-0.1, -0.05) is 47.6 Å². The highest BCUT2D eigenvalue weighted by Crippen LogP contribution is 2.29. The van der Waals surface area contributed by atoms with Crippen molar-refractivity contribution in [3.05, 3.63) is 75.1 Å². The van der Waals surface area contributed by atoms with Crippen molar-refractivity contribution in [2.75, 3.05) is 5.32 Å². The molecular weight excluding hydrogens is 412 g/mol. The lowest BCUT2D eigenvalue weighted by Crippen LogP contribution is -2.21. The molecule has 2 heterocycles. The standard InChI is InChI=1S/C21H15ClN2O4S/c1-11-6-7-13(9-15(11)22)23-18(25)10-17-19(26)24-20(29-17)14-8-12-4-2-3-5-16(12)28-21(14)27/h2-9,17H,10H2,1H3,(H,23,25). The lowest BCUT2D eigenvalue weighted by molar-refractivity contribution is -0.121. The van der Waals surface area contributed by atoms with Crippen molar-refractivity contribution in [2.24, 2.45) is 4.99 Å². The van der Waals surface area contributed by atoms with Crippen LogP contribution < -0.4 is 10.9 Å². The molecule has 1 aliphatic rings. The van der Waals surface area contributed by atoms with Crippen LogP contribution in [-0.4, -0.2) is 22.1 Å². The Morgan fingerprint density at radius 3 is 2.79 bits per heavy atom. The van der Waals surface area contributed by atoms with Crippen molar-refractivity contribution < 1.29 is 14.0 Å². The maximum atomic E-state index is 12.3. The molecule has 0 aliphatic carbocycles. The summed E-state index contributed by atoms with van der Waals surface area (Å²) in [5.41, 5.74) is 1.57. The number of nitrogens with zero attached hydrogens (tertiary/aromatic N) is 1. The summed E-state index contributed by atoms with van der Waals surface area (Å²) in [5.74, 6) is -0.785. The number of fused-ring (bicyclic) bond motifs is 1. The van der Waals surface area contributed by atoms with E-state index in [2.05, 4.69) is 10.3 Å². The van der Waals surface area contributed by atoms with Crippen molar-refractivity contribution in [1.82, 2.24) is 0 Å². The van der Waals surface area contributed by atoms with Gasteiger partial charge >= 0.3 is 5.63 Å². The number of amides is 2. The first-order valence-corrected chi connectivity index (χ1v) is 10.0. The minimum Gasteiger partial charge on any atom is -0.422 e. The topological polar surface area (TPSA) is 88.7 Å². The molecule has 3 aromatic rings. The average molecular weight is 427 g/mol. The Bertz CT molecular complexity index is 1230. The van der Waals surface area contributed by atoms with Crippen molar-refractivity contribution >= 4 is 56.9 Å². The molecule has 0 saturated carbocycles. The number of anilines is 1. The van der Waals surface area contributed by atoms with Gasteiger partial charge in [0.2, 0.25) is 5.91 Å². The number of benzene rings is 2. The molecule has 4 rings (SSSR count). The van der Waals surface area contributed by atoms with Crippen LogP contribution in [-0.2, 0) is 9.59 Å². The smallest absolute Gasteiger partial charge is 0.346 e. The van der Waals surface area contributed by atoms with Gasteiger partial charge in [-0.3, -0.25) is 9.59 Å². The largest absolute Gasteiger partial charge is 0.422 e. The zero-order valence-corrected chi connectivity index (χ0v) is 16.8. The molecule has 0 bridgehead atoms. The van der Waals surface area contributed by atoms with Gasteiger partial charge in [0.25, 0.3) is 5.91 Å². The summed E-state index contributed by atoms with van der Waals surface area (Å²) in [6.45, 7) is 1.87. The molecule has 0 fully saturated rings. The van der Waals surface area contributed by atoms with Crippen molar-refractivity contribution in [3.63, 3.8) is 0 Å². The summed E-state index contributed by atoms with van der Waals surface area (Å²) in [7, 11) is 0. The number of nitrogens with one attached hydrogen (secondary N) is 1. The van der Waals surface area contributed by atoms with Gasteiger partial charge < -0.3 is 9.73 Å². The number of aliphatic imine (C=N–C) groups is 1. The zero-order valence-electron chi connectivity index (χ0n) is 15.3. The van der Waals surface area contributed by atoms with Gasteiger partial charge in [0, 0.05) is 22.5 Å². The Balaban J connectivity index is 1.48. The van der Waals surface area contributed by atoms with Crippen LogP contribution >= 0.6 is 23.4 Å². The quantitative estimate of drug-likeness (QED) is 0.632. The van der Waals surface area contributed by atoms with Crippen LogP contribution in [0.3, 0.4) is 0 Å². The Morgan fingerprint density at radius 2 is 2.00 bits per heavy atom. The third kappa shape index (κ3) is 4.11. The van der Waals surface area contributed by atoms with E-state index in [9.17, 15) is 14.4 Å². The second-order valence-corrected chi connectivity index (χ2v) is 8.16. The maximum absolute atomic E-state index is 12.3. The van der Waals surface area contributed by atoms with Crippen LogP contribution in [0.15, 0.2) is 62.7 Å². The third-order valence-corrected chi connectivity index (χ3v) is 6.03. The van der Waals surface area contributed by atoms with Gasteiger partial charge in [0.1, 0.15) is 15.9 Å². The predicted octanol–water partition coefficient (Wildman–Crippen LogP) is 4.17. The first-order valence-electron chi connectivity index (χ1n) is 8.79. The van der Waals surface area contributed by atoms with Gasteiger partial charge in [-0.15, -0.1) is 0 Å². The van der Waals surface area contributed by atoms with Crippen LogP contribution in [0.2, 0.25) is 5.02 Å². The number of para-hydroxylation sites is 1. The number of carbonyl (C=O) groups excluding carboxylic acids is 2. The van der Waals surface area contributed by atoms with E-state index >= 15 is 0 Å². The molecule has 0 saturated heterocycles. The summed E-state index contributed by atoms with van der Waals surface area (Å²) in [5, 5.41) is 3.58. The van der Waals surface area contributed by atoms with Crippen LogP contribution in [0, 0.1) is 6.92 Å². The monoisotopic (exact) mass is 426 g/mol. The fraction of sp³-hybridized carbons (Fsp3) is 0.143. The van der Waals surface area contributed by atoms with E-state index in [0.29, 0.717) is 16.3 Å². The summed E-state index contributed by atoms with van der Waals surface area (Å²) in [4.78, 5) is 40.9. The number of thioether (sulfide) groups is 1. The molecule has 1 aliphatic heterocycles. The molecule has 146 valence electrons.